The molecule has 0 saturated carbocycles. The van der Waals surface area contributed by atoms with Crippen LogP contribution in [0.2, 0.25) is 0 Å². The summed E-state index contributed by atoms with van der Waals surface area (Å²) < 4.78 is 1.80. The highest BCUT2D eigenvalue weighted by molar-refractivity contribution is 5.75. The molecule has 1 unspecified atom stereocenters. The minimum Gasteiger partial charge on any atom is -0.334 e. The van der Waals surface area contributed by atoms with E-state index < -0.39 is 0 Å². The highest BCUT2D eigenvalue weighted by atomic mass is 16.2. The van der Waals surface area contributed by atoms with E-state index >= 15 is 0 Å². The first-order valence-electron chi connectivity index (χ1n) is 8.69. The molecule has 0 spiro atoms. The fourth-order valence-corrected chi connectivity index (χ4v) is 3.46. The lowest BCUT2D eigenvalue weighted by Gasteiger charge is -2.34. The smallest absolute Gasteiger partial charge is 0.317 e. The zero-order valence-electron chi connectivity index (χ0n) is 14.7. The Morgan fingerprint density at radius 3 is 2.88 bits per heavy atom. The molecule has 26 heavy (non-hydrogen) atoms. The summed E-state index contributed by atoms with van der Waals surface area (Å²) in [6.45, 7) is 1.73. The Bertz CT molecular complexity index is 905. The van der Waals surface area contributed by atoms with Gasteiger partial charge in [0, 0.05) is 51.2 Å². The van der Waals surface area contributed by atoms with Crippen molar-refractivity contribution in [3.05, 3.63) is 83.4 Å². The number of carbonyl (C=O) groups excluding carboxylic acids is 1. The highest BCUT2D eigenvalue weighted by Crippen LogP contribution is 2.33. The third-order valence-corrected chi connectivity index (χ3v) is 4.78. The van der Waals surface area contributed by atoms with Crippen LogP contribution in [0.5, 0.6) is 0 Å². The first-order chi connectivity index (χ1) is 12.7. The maximum Gasteiger partial charge on any atom is 0.317 e. The SMILES string of the molecule is Cn1cc(C2CN(C(=O)NCc3cccnc3)Cc3ccccc32)cn1. The summed E-state index contributed by atoms with van der Waals surface area (Å²) in [5.41, 5.74) is 4.58. The van der Waals surface area contributed by atoms with Crippen molar-refractivity contribution in [1.29, 1.82) is 0 Å². The van der Waals surface area contributed by atoms with Gasteiger partial charge < -0.3 is 10.2 Å². The van der Waals surface area contributed by atoms with Gasteiger partial charge in [-0.15, -0.1) is 0 Å². The number of aromatic nitrogens is 3. The largest absolute Gasteiger partial charge is 0.334 e. The van der Waals surface area contributed by atoms with E-state index in [1.54, 1.807) is 17.1 Å². The molecule has 0 saturated heterocycles. The van der Waals surface area contributed by atoms with Gasteiger partial charge in [-0.25, -0.2) is 4.79 Å². The Hall–Kier alpha value is -3.15. The summed E-state index contributed by atoms with van der Waals surface area (Å²) >= 11 is 0. The maximum atomic E-state index is 12.7. The number of nitrogens with zero attached hydrogens (tertiary/aromatic N) is 4. The molecule has 0 aliphatic carbocycles. The topological polar surface area (TPSA) is 63.1 Å². The van der Waals surface area contributed by atoms with E-state index in [2.05, 4.69) is 33.6 Å². The molecule has 1 N–H and O–H groups in total. The predicted octanol–water partition coefficient (Wildman–Crippen LogP) is 2.67. The average molecular weight is 347 g/mol. The summed E-state index contributed by atoms with van der Waals surface area (Å²) in [5, 5.41) is 7.30. The van der Waals surface area contributed by atoms with E-state index in [-0.39, 0.29) is 11.9 Å². The summed E-state index contributed by atoms with van der Waals surface area (Å²) in [4.78, 5) is 18.7. The predicted molar refractivity (Wildman–Crippen MR) is 98.4 cm³/mol. The number of fused-ring (bicyclic) bond motifs is 1. The van der Waals surface area contributed by atoms with Crippen LogP contribution in [0.1, 0.15) is 28.2 Å². The first-order valence-corrected chi connectivity index (χ1v) is 8.69. The van der Waals surface area contributed by atoms with Gasteiger partial charge in [0.1, 0.15) is 0 Å². The molecule has 6 heteroatoms. The van der Waals surface area contributed by atoms with Crippen molar-refractivity contribution in [1.82, 2.24) is 25.0 Å². The van der Waals surface area contributed by atoms with E-state index in [0.717, 1.165) is 11.1 Å². The van der Waals surface area contributed by atoms with Crippen LogP contribution in [0, 0.1) is 0 Å². The zero-order chi connectivity index (χ0) is 17.9. The minimum atomic E-state index is -0.0581. The number of hydrogen-bond donors (Lipinski definition) is 1. The Kier molecular flexibility index (Phi) is 4.39. The van der Waals surface area contributed by atoms with Gasteiger partial charge in [0.05, 0.1) is 6.20 Å². The molecule has 3 heterocycles. The molecule has 1 aromatic carbocycles. The van der Waals surface area contributed by atoms with Crippen LogP contribution in [-0.4, -0.2) is 32.2 Å². The lowest BCUT2D eigenvalue weighted by molar-refractivity contribution is 0.188. The average Bonchev–Trinajstić information content (AvgIpc) is 3.12. The number of pyridine rings is 1. The molecular weight excluding hydrogens is 326 g/mol. The molecule has 0 radical (unpaired) electrons. The van der Waals surface area contributed by atoms with Crippen molar-refractivity contribution in [3.63, 3.8) is 0 Å². The number of urea groups is 1. The number of aryl methyl sites for hydroxylation is 1. The monoisotopic (exact) mass is 347 g/mol. The molecule has 0 bridgehead atoms. The van der Waals surface area contributed by atoms with E-state index in [4.69, 9.17) is 0 Å². The van der Waals surface area contributed by atoms with Gasteiger partial charge in [0.15, 0.2) is 0 Å². The van der Waals surface area contributed by atoms with Crippen LogP contribution >= 0.6 is 0 Å². The van der Waals surface area contributed by atoms with E-state index in [9.17, 15) is 4.79 Å². The second-order valence-corrected chi connectivity index (χ2v) is 6.60. The van der Waals surface area contributed by atoms with Gasteiger partial charge in [0.2, 0.25) is 0 Å². The van der Waals surface area contributed by atoms with E-state index in [0.29, 0.717) is 19.6 Å². The molecule has 3 aromatic rings. The number of nitrogens with one attached hydrogen (secondary N) is 1. The van der Waals surface area contributed by atoms with Crippen molar-refractivity contribution in [3.8, 4) is 0 Å². The molecule has 1 atom stereocenters. The molecule has 2 amide bonds. The molecule has 1 aliphatic heterocycles. The summed E-state index contributed by atoms with van der Waals surface area (Å²) in [5.74, 6) is 0.137. The normalized spacial score (nSPS) is 16.2. The van der Waals surface area contributed by atoms with Crippen LogP contribution in [0.15, 0.2) is 61.2 Å². The number of amides is 2. The number of benzene rings is 1. The van der Waals surface area contributed by atoms with Gasteiger partial charge in [-0.1, -0.05) is 30.3 Å². The van der Waals surface area contributed by atoms with Crippen molar-refractivity contribution >= 4 is 6.03 Å². The van der Waals surface area contributed by atoms with E-state index in [1.165, 1.54) is 11.1 Å². The Morgan fingerprint density at radius 2 is 2.12 bits per heavy atom. The lowest BCUT2D eigenvalue weighted by atomic mass is 9.86. The lowest BCUT2D eigenvalue weighted by Crippen LogP contribution is -2.44. The third-order valence-electron chi connectivity index (χ3n) is 4.78. The second-order valence-electron chi connectivity index (χ2n) is 6.60. The van der Waals surface area contributed by atoms with Crippen LogP contribution < -0.4 is 5.32 Å². The Morgan fingerprint density at radius 1 is 1.23 bits per heavy atom. The molecule has 6 nitrogen and oxygen atoms in total. The van der Waals surface area contributed by atoms with Crippen LogP contribution in [-0.2, 0) is 20.1 Å². The Labute approximate surface area is 152 Å². The fraction of sp³-hybridized carbons (Fsp3) is 0.250. The molecule has 132 valence electrons. The van der Waals surface area contributed by atoms with Gasteiger partial charge in [0.25, 0.3) is 0 Å². The van der Waals surface area contributed by atoms with Crippen LogP contribution in [0.4, 0.5) is 4.79 Å². The molecule has 4 rings (SSSR count). The van der Waals surface area contributed by atoms with Crippen LogP contribution in [0.25, 0.3) is 0 Å². The fourth-order valence-electron chi connectivity index (χ4n) is 3.46. The molecule has 2 aromatic heterocycles. The highest BCUT2D eigenvalue weighted by Gasteiger charge is 2.29. The van der Waals surface area contributed by atoms with Crippen LogP contribution in [0.3, 0.4) is 0 Å². The standard InChI is InChI=1S/C20H21N5O/c1-24-12-17(11-23-24)19-14-25(13-16-6-2-3-7-18(16)19)20(26)22-10-15-5-4-8-21-9-15/h2-9,11-12,19H,10,13-14H2,1H3,(H,22,26). The van der Waals surface area contributed by atoms with Crippen molar-refractivity contribution < 1.29 is 4.79 Å². The molecule has 0 fully saturated rings. The summed E-state index contributed by atoms with van der Waals surface area (Å²) in [6, 6.07) is 12.1. The third kappa shape index (κ3) is 3.31. The number of hydrogen-bond acceptors (Lipinski definition) is 3. The van der Waals surface area contributed by atoms with Gasteiger partial charge in [-0.3, -0.25) is 9.67 Å². The van der Waals surface area contributed by atoms with E-state index in [1.807, 2.05) is 42.5 Å². The number of rotatable bonds is 3. The van der Waals surface area contributed by atoms with Crippen molar-refractivity contribution in [2.24, 2.45) is 7.05 Å². The van der Waals surface area contributed by atoms with Gasteiger partial charge >= 0.3 is 6.03 Å². The Balaban J connectivity index is 1.54. The first kappa shape index (κ1) is 16.3. The zero-order valence-corrected chi connectivity index (χ0v) is 14.7. The van der Waals surface area contributed by atoms with Crippen molar-refractivity contribution in [2.45, 2.75) is 19.0 Å². The molecule has 1 aliphatic rings. The minimum absolute atomic E-state index is 0.0581. The van der Waals surface area contributed by atoms with Gasteiger partial charge in [-0.2, -0.15) is 5.10 Å². The second kappa shape index (κ2) is 7.00. The summed E-state index contributed by atoms with van der Waals surface area (Å²) in [7, 11) is 1.91. The molecular formula is C20H21N5O. The van der Waals surface area contributed by atoms with Gasteiger partial charge in [-0.05, 0) is 28.3 Å². The number of carbonyl (C=O) groups is 1. The quantitative estimate of drug-likeness (QED) is 0.792. The summed E-state index contributed by atoms with van der Waals surface area (Å²) in [6.07, 6.45) is 7.41. The maximum absolute atomic E-state index is 12.7. The van der Waals surface area contributed by atoms with Crippen molar-refractivity contribution in [2.75, 3.05) is 6.54 Å².